The highest BCUT2D eigenvalue weighted by atomic mass is 32.1. The second-order valence-electron chi connectivity index (χ2n) is 3.01. The van der Waals surface area contributed by atoms with Gasteiger partial charge in [0.1, 0.15) is 5.82 Å². The lowest BCUT2D eigenvalue weighted by Gasteiger charge is -2.10. The predicted molar refractivity (Wildman–Crippen MR) is 46.0 cm³/mol. The average molecular weight is 172 g/mol. The molecule has 1 rings (SSSR count). The van der Waals surface area contributed by atoms with Crippen molar-refractivity contribution in [1.29, 1.82) is 0 Å². The van der Waals surface area contributed by atoms with Crippen LogP contribution in [0.2, 0.25) is 0 Å². The fourth-order valence-corrected chi connectivity index (χ4v) is 1.30. The Morgan fingerprint density at radius 3 is 2.45 bits per heavy atom. The van der Waals surface area contributed by atoms with Crippen molar-refractivity contribution >= 4 is 11.5 Å². The fourth-order valence-electron chi connectivity index (χ4n) is 0.754. The first-order valence-electron chi connectivity index (χ1n) is 3.67. The number of aromatic amines is 1. The first-order valence-corrected chi connectivity index (χ1v) is 4.44. The number of hydrogen-bond acceptors (Lipinski definition) is 3. The van der Waals surface area contributed by atoms with E-state index < -0.39 is 0 Å². The Labute approximate surface area is 69.6 Å². The maximum atomic E-state index is 10.7. The van der Waals surface area contributed by atoms with E-state index in [0.29, 0.717) is 11.8 Å². The van der Waals surface area contributed by atoms with E-state index in [1.165, 1.54) is 0 Å². The van der Waals surface area contributed by atoms with Crippen LogP contribution < -0.4 is 4.87 Å². The van der Waals surface area contributed by atoms with E-state index in [-0.39, 0.29) is 4.87 Å². The van der Waals surface area contributed by atoms with Gasteiger partial charge < -0.3 is 0 Å². The van der Waals surface area contributed by atoms with E-state index >= 15 is 0 Å². The highest BCUT2D eigenvalue weighted by molar-refractivity contribution is 7.02. The van der Waals surface area contributed by atoms with E-state index in [2.05, 4.69) is 30.1 Å². The molecule has 1 aromatic heterocycles. The third kappa shape index (κ3) is 1.89. The highest BCUT2D eigenvalue weighted by Crippen LogP contribution is 2.18. The molecule has 4 heteroatoms. The van der Waals surface area contributed by atoms with Crippen molar-refractivity contribution in [3.63, 3.8) is 0 Å². The zero-order valence-electron chi connectivity index (χ0n) is 6.92. The van der Waals surface area contributed by atoms with Gasteiger partial charge in [-0.2, -0.15) is 4.37 Å². The average Bonchev–Trinajstić information content (AvgIpc) is 2.34. The highest BCUT2D eigenvalue weighted by Gasteiger charge is 2.12. The number of H-pyrrole nitrogens is 1. The maximum Gasteiger partial charge on any atom is 0.323 e. The van der Waals surface area contributed by atoms with Gasteiger partial charge in [-0.05, 0) is 5.92 Å². The lowest BCUT2D eigenvalue weighted by atomic mass is 9.98. The minimum absolute atomic E-state index is 0.0625. The smallest absolute Gasteiger partial charge is 0.299 e. The maximum absolute atomic E-state index is 10.7. The second-order valence-corrected chi connectivity index (χ2v) is 3.75. The Balaban J connectivity index is 2.84. The molecule has 0 radical (unpaired) electrons. The second kappa shape index (κ2) is 3.17. The molecule has 0 bridgehead atoms. The van der Waals surface area contributed by atoms with Crippen LogP contribution in [0.15, 0.2) is 4.79 Å². The molecule has 0 saturated carbocycles. The summed E-state index contributed by atoms with van der Waals surface area (Å²) in [7, 11) is 0. The van der Waals surface area contributed by atoms with Gasteiger partial charge in [-0.15, -0.1) is 0 Å². The number of nitrogens with zero attached hydrogens (tertiary/aromatic N) is 1. The Bertz CT molecular complexity index is 276. The molecule has 0 saturated heterocycles. The van der Waals surface area contributed by atoms with Gasteiger partial charge in [-0.25, -0.2) is 0 Å². The number of nitrogens with one attached hydrogen (secondary N) is 1. The summed E-state index contributed by atoms with van der Waals surface area (Å²) in [6, 6.07) is 0. The van der Waals surface area contributed by atoms with E-state index in [1.54, 1.807) is 0 Å². The van der Waals surface area contributed by atoms with Crippen molar-refractivity contribution in [3.8, 4) is 0 Å². The molecule has 62 valence electrons. The molecule has 1 unspecified atom stereocenters. The van der Waals surface area contributed by atoms with Crippen LogP contribution in [0.3, 0.4) is 0 Å². The predicted octanol–water partition coefficient (Wildman–Crippen LogP) is 1.59. The van der Waals surface area contributed by atoms with Crippen LogP contribution >= 0.6 is 11.5 Å². The van der Waals surface area contributed by atoms with E-state index in [1.807, 2.05) is 0 Å². The fraction of sp³-hybridized carbons (Fsp3) is 0.714. The summed E-state index contributed by atoms with van der Waals surface area (Å²) in [6.07, 6.45) is 0. The molecule has 1 heterocycles. The van der Waals surface area contributed by atoms with Crippen LogP contribution in [0.5, 0.6) is 0 Å². The van der Waals surface area contributed by atoms with Crippen LogP contribution in [0, 0.1) is 5.92 Å². The third-order valence-electron chi connectivity index (χ3n) is 1.89. The molecule has 0 aromatic carbocycles. The minimum Gasteiger partial charge on any atom is -0.299 e. The van der Waals surface area contributed by atoms with Crippen molar-refractivity contribution < 1.29 is 0 Å². The van der Waals surface area contributed by atoms with Gasteiger partial charge in [0.25, 0.3) is 0 Å². The van der Waals surface area contributed by atoms with Gasteiger partial charge in [0.2, 0.25) is 0 Å². The SMILES string of the molecule is CC(C)C(C)c1nsc(=O)[nH]1. The summed E-state index contributed by atoms with van der Waals surface area (Å²) in [5.74, 6) is 1.68. The summed E-state index contributed by atoms with van der Waals surface area (Å²) in [4.78, 5) is 13.4. The van der Waals surface area contributed by atoms with E-state index in [4.69, 9.17) is 0 Å². The molecule has 0 spiro atoms. The summed E-state index contributed by atoms with van der Waals surface area (Å²) in [6.45, 7) is 6.29. The van der Waals surface area contributed by atoms with Crippen LogP contribution in [0.4, 0.5) is 0 Å². The molecule has 0 amide bonds. The molecular formula is C7H12N2OS. The van der Waals surface area contributed by atoms with Gasteiger partial charge in [0, 0.05) is 17.5 Å². The monoisotopic (exact) mass is 172 g/mol. The Morgan fingerprint density at radius 2 is 2.09 bits per heavy atom. The van der Waals surface area contributed by atoms with Crippen LogP contribution in [-0.4, -0.2) is 9.36 Å². The van der Waals surface area contributed by atoms with Crippen LogP contribution in [0.25, 0.3) is 0 Å². The molecule has 3 nitrogen and oxygen atoms in total. The van der Waals surface area contributed by atoms with Crippen LogP contribution in [0.1, 0.15) is 32.5 Å². The lowest BCUT2D eigenvalue weighted by Crippen LogP contribution is -2.06. The van der Waals surface area contributed by atoms with Gasteiger partial charge >= 0.3 is 4.87 Å². The molecule has 0 aliphatic carbocycles. The number of rotatable bonds is 2. The molecule has 0 fully saturated rings. The number of aromatic nitrogens is 2. The molecule has 1 atom stereocenters. The lowest BCUT2D eigenvalue weighted by molar-refractivity contribution is 0.515. The normalized spacial score (nSPS) is 13.8. The molecular weight excluding hydrogens is 160 g/mol. The summed E-state index contributed by atoms with van der Waals surface area (Å²) in [5, 5.41) is 0. The van der Waals surface area contributed by atoms with Crippen molar-refractivity contribution in [2.45, 2.75) is 26.7 Å². The molecule has 0 aliphatic rings. The summed E-state index contributed by atoms with van der Waals surface area (Å²) >= 11 is 0.989. The van der Waals surface area contributed by atoms with Gasteiger partial charge in [-0.3, -0.25) is 9.78 Å². The van der Waals surface area contributed by atoms with Crippen LogP contribution in [-0.2, 0) is 0 Å². The first kappa shape index (κ1) is 8.46. The Morgan fingerprint density at radius 1 is 1.45 bits per heavy atom. The first-order chi connectivity index (χ1) is 5.11. The van der Waals surface area contributed by atoms with Gasteiger partial charge in [0.15, 0.2) is 0 Å². The van der Waals surface area contributed by atoms with Crippen molar-refractivity contribution in [3.05, 3.63) is 15.5 Å². The summed E-state index contributed by atoms with van der Waals surface area (Å²) in [5.41, 5.74) is 0. The molecule has 1 N–H and O–H groups in total. The number of hydrogen-bond donors (Lipinski definition) is 1. The zero-order chi connectivity index (χ0) is 8.43. The van der Waals surface area contributed by atoms with Gasteiger partial charge in [-0.1, -0.05) is 20.8 Å². The third-order valence-corrected chi connectivity index (χ3v) is 2.44. The Hall–Kier alpha value is -0.640. The Kier molecular flexibility index (Phi) is 2.44. The zero-order valence-corrected chi connectivity index (χ0v) is 7.73. The largest absolute Gasteiger partial charge is 0.323 e. The van der Waals surface area contributed by atoms with E-state index in [9.17, 15) is 4.79 Å². The quantitative estimate of drug-likeness (QED) is 0.736. The van der Waals surface area contributed by atoms with E-state index in [0.717, 1.165) is 17.4 Å². The molecule has 0 aliphatic heterocycles. The minimum atomic E-state index is -0.0625. The molecule has 11 heavy (non-hydrogen) atoms. The van der Waals surface area contributed by atoms with Crippen molar-refractivity contribution in [2.24, 2.45) is 5.92 Å². The standard InChI is InChI=1S/C7H12N2OS/c1-4(2)5(3)6-8-7(10)11-9-6/h4-5H,1-3H3,(H,8,9,10). The topological polar surface area (TPSA) is 45.8 Å². The molecule has 1 aromatic rings. The summed E-state index contributed by atoms with van der Waals surface area (Å²) < 4.78 is 4.01. The van der Waals surface area contributed by atoms with Crippen molar-refractivity contribution in [1.82, 2.24) is 9.36 Å². The van der Waals surface area contributed by atoms with Crippen molar-refractivity contribution in [2.75, 3.05) is 0 Å². The van der Waals surface area contributed by atoms with Gasteiger partial charge in [0.05, 0.1) is 0 Å².